The first-order chi connectivity index (χ1) is 11.0. The average Bonchev–Trinajstić information content (AvgIpc) is 2.59. The van der Waals surface area contributed by atoms with Gasteiger partial charge in [-0.25, -0.2) is 0 Å². The molecule has 1 aromatic carbocycles. The Morgan fingerprint density at radius 3 is 2.61 bits per heavy atom. The number of ether oxygens (including phenoxy) is 1. The molecule has 1 saturated heterocycles. The minimum Gasteiger partial charge on any atom is -0.497 e. The second-order valence-corrected chi connectivity index (χ2v) is 6.25. The van der Waals surface area contributed by atoms with Crippen molar-refractivity contribution in [2.45, 2.75) is 38.6 Å². The lowest BCUT2D eigenvalue weighted by Crippen LogP contribution is -2.45. The minimum atomic E-state index is -0.0123. The molecule has 1 aliphatic rings. The summed E-state index contributed by atoms with van der Waals surface area (Å²) in [4.78, 5) is 26.3. The molecule has 0 spiro atoms. The summed E-state index contributed by atoms with van der Waals surface area (Å²) in [5.41, 5.74) is 6.57. The largest absolute Gasteiger partial charge is 0.497 e. The summed E-state index contributed by atoms with van der Waals surface area (Å²) in [6, 6.07) is 7.09. The lowest BCUT2D eigenvalue weighted by atomic mass is 9.92. The number of carbonyl (C=O) groups excluding carboxylic acids is 2. The molecule has 2 unspecified atom stereocenters. The van der Waals surface area contributed by atoms with E-state index >= 15 is 0 Å². The summed E-state index contributed by atoms with van der Waals surface area (Å²) in [5.74, 6) is 1.12. The van der Waals surface area contributed by atoms with E-state index < -0.39 is 0 Å². The first-order valence-corrected chi connectivity index (χ1v) is 8.22. The van der Waals surface area contributed by atoms with E-state index in [1.165, 1.54) is 0 Å². The van der Waals surface area contributed by atoms with Crippen LogP contribution in [0.25, 0.3) is 0 Å². The van der Waals surface area contributed by atoms with Crippen LogP contribution in [-0.2, 0) is 4.79 Å². The van der Waals surface area contributed by atoms with E-state index in [-0.39, 0.29) is 30.6 Å². The molecule has 1 fully saturated rings. The Bertz CT molecular complexity index is 540. The summed E-state index contributed by atoms with van der Waals surface area (Å²) >= 11 is 0. The summed E-state index contributed by atoms with van der Waals surface area (Å²) in [5, 5.41) is 0. The van der Waals surface area contributed by atoms with E-state index in [0.29, 0.717) is 23.8 Å². The average molecular weight is 318 g/mol. The van der Waals surface area contributed by atoms with Crippen molar-refractivity contribution >= 4 is 11.7 Å². The number of amides is 1. The minimum absolute atomic E-state index is 0.0123. The Hall–Kier alpha value is -1.88. The Balaban J connectivity index is 1.84. The van der Waals surface area contributed by atoms with Gasteiger partial charge in [0.2, 0.25) is 5.91 Å². The number of nitrogens with zero attached hydrogens (tertiary/aromatic N) is 1. The van der Waals surface area contributed by atoms with Crippen molar-refractivity contribution in [3.8, 4) is 5.75 Å². The Kier molecular flexibility index (Phi) is 6.16. The maximum absolute atomic E-state index is 12.3. The molecule has 0 radical (unpaired) electrons. The van der Waals surface area contributed by atoms with Crippen molar-refractivity contribution in [2.75, 3.05) is 20.2 Å². The smallest absolute Gasteiger partial charge is 0.223 e. The molecule has 1 amide bonds. The van der Waals surface area contributed by atoms with Gasteiger partial charge >= 0.3 is 0 Å². The topological polar surface area (TPSA) is 72.6 Å². The van der Waals surface area contributed by atoms with E-state index in [1.54, 1.807) is 31.4 Å². The van der Waals surface area contributed by atoms with Gasteiger partial charge in [-0.15, -0.1) is 0 Å². The van der Waals surface area contributed by atoms with Gasteiger partial charge in [-0.2, -0.15) is 0 Å². The fourth-order valence-electron chi connectivity index (χ4n) is 2.97. The number of nitrogens with two attached hydrogens (primary N) is 1. The number of hydrogen-bond acceptors (Lipinski definition) is 4. The highest BCUT2D eigenvalue weighted by molar-refractivity contribution is 5.98. The Morgan fingerprint density at radius 1 is 1.30 bits per heavy atom. The molecule has 0 aromatic heterocycles. The van der Waals surface area contributed by atoms with Gasteiger partial charge in [-0.3, -0.25) is 9.59 Å². The van der Waals surface area contributed by atoms with Crippen LogP contribution in [-0.4, -0.2) is 42.8 Å². The first kappa shape index (κ1) is 17.5. The lowest BCUT2D eigenvalue weighted by molar-refractivity contribution is -0.133. The molecule has 1 aliphatic heterocycles. The zero-order chi connectivity index (χ0) is 16.8. The predicted molar refractivity (Wildman–Crippen MR) is 89.5 cm³/mol. The van der Waals surface area contributed by atoms with Gasteiger partial charge in [0.15, 0.2) is 5.78 Å². The molecule has 0 saturated carbocycles. The van der Waals surface area contributed by atoms with Crippen molar-refractivity contribution in [3.05, 3.63) is 29.8 Å². The summed E-state index contributed by atoms with van der Waals surface area (Å²) < 4.78 is 5.07. The highest BCUT2D eigenvalue weighted by Crippen LogP contribution is 2.20. The third kappa shape index (κ3) is 4.79. The monoisotopic (exact) mass is 318 g/mol. The first-order valence-electron chi connectivity index (χ1n) is 8.22. The van der Waals surface area contributed by atoms with Gasteiger partial charge in [-0.1, -0.05) is 0 Å². The molecular weight excluding hydrogens is 292 g/mol. The third-order valence-corrected chi connectivity index (χ3v) is 4.53. The maximum Gasteiger partial charge on any atom is 0.223 e. The van der Waals surface area contributed by atoms with Crippen LogP contribution in [0.1, 0.15) is 43.0 Å². The number of ketones is 1. The highest BCUT2D eigenvalue weighted by Gasteiger charge is 2.25. The second-order valence-electron chi connectivity index (χ2n) is 6.25. The van der Waals surface area contributed by atoms with Crippen LogP contribution in [0.2, 0.25) is 0 Å². The number of hydrogen-bond donors (Lipinski definition) is 1. The van der Waals surface area contributed by atoms with E-state index in [2.05, 4.69) is 0 Å². The standard InChI is InChI=1S/C18H26N2O3/c1-13(19)15-4-3-11-20(12-15)18(22)10-9-17(21)14-5-7-16(23-2)8-6-14/h5-8,13,15H,3-4,9-12,19H2,1-2H3. The molecule has 1 heterocycles. The fraction of sp³-hybridized carbons (Fsp3) is 0.556. The summed E-state index contributed by atoms with van der Waals surface area (Å²) in [6.45, 7) is 3.48. The van der Waals surface area contributed by atoms with Crippen LogP contribution >= 0.6 is 0 Å². The van der Waals surface area contributed by atoms with Crippen molar-refractivity contribution in [1.29, 1.82) is 0 Å². The second kappa shape index (κ2) is 8.11. The molecule has 2 N–H and O–H groups in total. The quantitative estimate of drug-likeness (QED) is 0.817. The van der Waals surface area contributed by atoms with Gasteiger partial charge in [0.05, 0.1) is 7.11 Å². The molecule has 5 heteroatoms. The lowest BCUT2D eigenvalue weighted by Gasteiger charge is -2.34. The fourth-order valence-corrected chi connectivity index (χ4v) is 2.97. The number of rotatable bonds is 6. The molecular formula is C18H26N2O3. The van der Waals surface area contributed by atoms with E-state index in [9.17, 15) is 9.59 Å². The molecule has 5 nitrogen and oxygen atoms in total. The number of piperidine rings is 1. The van der Waals surface area contributed by atoms with Crippen LogP contribution in [0.5, 0.6) is 5.75 Å². The number of carbonyl (C=O) groups is 2. The molecule has 1 aromatic rings. The molecule has 23 heavy (non-hydrogen) atoms. The summed E-state index contributed by atoms with van der Waals surface area (Å²) in [7, 11) is 1.59. The van der Waals surface area contributed by atoms with Crippen molar-refractivity contribution in [2.24, 2.45) is 11.7 Å². The predicted octanol–water partition coefficient (Wildman–Crippen LogP) is 2.24. The molecule has 126 valence electrons. The highest BCUT2D eigenvalue weighted by atomic mass is 16.5. The van der Waals surface area contributed by atoms with Crippen molar-refractivity contribution in [1.82, 2.24) is 4.90 Å². The van der Waals surface area contributed by atoms with Gasteiger partial charge in [0, 0.05) is 37.5 Å². The normalized spacial score (nSPS) is 19.3. The molecule has 0 aliphatic carbocycles. The zero-order valence-electron chi connectivity index (χ0n) is 14.0. The molecule has 2 atom stereocenters. The summed E-state index contributed by atoms with van der Waals surface area (Å²) in [6.07, 6.45) is 2.57. The van der Waals surface area contributed by atoms with E-state index in [4.69, 9.17) is 10.5 Å². The van der Waals surface area contributed by atoms with Gasteiger partial charge < -0.3 is 15.4 Å². The van der Waals surface area contributed by atoms with Crippen LogP contribution in [0.4, 0.5) is 0 Å². The molecule has 0 bridgehead atoms. The maximum atomic E-state index is 12.3. The van der Waals surface area contributed by atoms with Crippen LogP contribution < -0.4 is 10.5 Å². The van der Waals surface area contributed by atoms with Gasteiger partial charge in [-0.05, 0) is 49.9 Å². The van der Waals surface area contributed by atoms with Gasteiger partial charge in [0.1, 0.15) is 5.75 Å². The van der Waals surface area contributed by atoms with E-state index in [0.717, 1.165) is 19.4 Å². The zero-order valence-corrected chi connectivity index (χ0v) is 14.0. The number of Topliss-reactive ketones (excluding diaryl/α,β-unsaturated/α-hetero) is 1. The van der Waals surface area contributed by atoms with Crippen molar-refractivity contribution < 1.29 is 14.3 Å². The molecule has 2 rings (SSSR count). The van der Waals surface area contributed by atoms with Crippen LogP contribution in [0.3, 0.4) is 0 Å². The SMILES string of the molecule is COc1ccc(C(=O)CCC(=O)N2CCCC(C(C)N)C2)cc1. The Morgan fingerprint density at radius 2 is 2.00 bits per heavy atom. The number of likely N-dealkylation sites (tertiary alicyclic amines) is 1. The third-order valence-electron chi connectivity index (χ3n) is 4.53. The number of benzene rings is 1. The van der Waals surface area contributed by atoms with Crippen LogP contribution in [0, 0.1) is 5.92 Å². The van der Waals surface area contributed by atoms with E-state index in [1.807, 2.05) is 11.8 Å². The Labute approximate surface area is 137 Å². The number of methoxy groups -OCH3 is 1. The van der Waals surface area contributed by atoms with Crippen molar-refractivity contribution in [3.63, 3.8) is 0 Å². The van der Waals surface area contributed by atoms with Crippen LogP contribution in [0.15, 0.2) is 24.3 Å². The van der Waals surface area contributed by atoms with Gasteiger partial charge in [0.25, 0.3) is 0 Å².